The summed E-state index contributed by atoms with van der Waals surface area (Å²) in [5, 5.41) is 3.71. The Balaban J connectivity index is 1.31. The number of pyridine rings is 1. The van der Waals surface area contributed by atoms with Crippen LogP contribution in [-0.2, 0) is 4.74 Å². The molecule has 4 aromatic rings. The van der Waals surface area contributed by atoms with Gasteiger partial charge in [0.25, 0.3) is 11.8 Å². The molecular formula is C29H25N3O5. The molecular weight excluding hydrogens is 470 g/mol. The van der Waals surface area contributed by atoms with Crippen LogP contribution >= 0.6 is 0 Å². The fourth-order valence-electron chi connectivity index (χ4n) is 4.59. The molecule has 2 aliphatic rings. The number of ether oxygens (including phenoxy) is 3. The zero-order chi connectivity index (χ0) is 25.2. The van der Waals surface area contributed by atoms with Crippen LogP contribution in [0.4, 0.5) is 5.69 Å². The minimum absolute atomic E-state index is 0.0744. The van der Waals surface area contributed by atoms with Gasteiger partial charge in [-0.3, -0.25) is 9.59 Å². The van der Waals surface area contributed by atoms with E-state index in [1.165, 1.54) is 0 Å². The number of aromatic nitrogens is 1. The maximum atomic E-state index is 13.5. The number of anilines is 1. The van der Waals surface area contributed by atoms with Gasteiger partial charge in [-0.05, 0) is 48.5 Å². The van der Waals surface area contributed by atoms with Crippen molar-refractivity contribution in [3.63, 3.8) is 0 Å². The maximum absolute atomic E-state index is 13.5. The predicted octanol–water partition coefficient (Wildman–Crippen LogP) is 4.40. The first-order valence-corrected chi connectivity index (χ1v) is 12.2. The molecule has 0 atom stereocenters. The van der Waals surface area contributed by atoms with Crippen LogP contribution in [0.5, 0.6) is 11.5 Å². The smallest absolute Gasteiger partial charge is 0.256 e. The largest absolute Gasteiger partial charge is 0.486 e. The van der Waals surface area contributed by atoms with Crippen molar-refractivity contribution in [2.75, 3.05) is 44.8 Å². The Bertz CT molecular complexity index is 1500. The molecule has 1 N–H and O–H groups in total. The van der Waals surface area contributed by atoms with Gasteiger partial charge < -0.3 is 24.4 Å². The van der Waals surface area contributed by atoms with E-state index in [-0.39, 0.29) is 11.8 Å². The van der Waals surface area contributed by atoms with Gasteiger partial charge in [0, 0.05) is 35.3 Å². The second kappa shape index (κ2) is 9.91. The Kier molecular flexibility index (Phi) is 6.16. The van der Waals surface area contributed by atoms with Crippen molar-refractivity contribution in [1.82, 2.24) is 9.88 Å². The molecule has 0 aliphatic carbocycles. The lowest BCUT2D eigenvalue weighted by Crippen LogP contribution is -2.40. The Morgan fingerprint density at radius 1 is 0.811 bits per heavy atom. The molecule has 1 aromatic heterocycles. The number of benzene rings is 3. The zero-order valence-corrected chi connectivity index (χ0v) is 20.1. The van der Waals surface area contributed by atoms with Gasteiger partial charge >= 0.3 is 0 Å². The monoisotopic (exact) mass is 495 g/mol. The molecule has 0 radical (unpaired) electrons. The lowest BCUT2D eigenvalue weighted by atomic mass is 10.0. The third kappa shape index (κ3) is 4.71. The van der Waals surface area contributed by atoms with Crippen LogP contribution in [0.25, 0.3) is 22.2 Å². The molecule has 1 saturated heterocycles. The average Bonchev–Trinajstić information content (AvgIpc) is 2.96. The molecule has 186 valence electrons. The lowest BCUT2D eigenvalue weighted by molar-refractivity contribution is 0.0303. The molecule has 37 heavy (non-hydrogen) atoms. The van der Waals surface area contributed by atoms with Crippen molar-refractivity contribution >= 4 is 28.4 Å². The van der Waals surface area contributed by atoms with Crippen molar-refractivity contribution in [1.29, 1.82) is 0 Å². The van der Waals surface area contributed by atoms with E-state index in [1.54, 1.807) is 35.2 Å². The molecule has 8 nitrogen and oxygen atoms in total. The third-order valence-corrected chi connectivity index (χ3v) is 6.46. The Morgan fingerprint density at radius 3 is 2.49 bits per heavy atom. The third-order valence-electron chi connectivity index (χ3n) is 6.46. The number of carbonyl (C=O) groups excluding carboxylic acids is 2. The van der Waals surface area contributed by atoms with Gasteiger partial charge in [0.05, 0.1) is 30.0 Å². The number of fused-ring (bicyclic) bond motifs is 2. The van der Waals surface area contributed by atoms with Gasteiger partial charge in [-0.1, -0.05) is 24.3 Å². The summed E-state index contributed by atoms with van der Waals surface area (Å²) in [5.74, 6) is 0.995. The van der Waals surface area contributed by atoms with Crippen LogP contribution in [0.2, 0.25) is 0 Å². The van der Waals surface area contributed by atoms with Gasteiger partial charge in [-0.25, -0.2) is 4.98 Å². The Hall–Kier alpha value is -4.43. The molecule has 2 aliphatic heterocycles. The van der Waals surface area contributed by atoms with Gasteiger partial charge in [-0.2, -0.15) is 0 Å². The summed E-state index contributed by atoms with van der Waals surface area (Å²) < 4.78 is 16.7. The first kappa shape index (κ1) is 23.0. The Labute approximate surface area is 213 Å². The van der Waals surface area contributed by atoms with Crippen molar-refractivity contribution in [2.45, 2.75) is 0 Å². The minimum Gasteiger partial charge on any atom is -0.486 e. The van der Waals surface area contributed by atoms with Crippen LogP contribution in [0.1, 0.15) is 20.7 Å². The zero-order valence-electron chi connectivity index (χ0n) is 20.1. The maximum Gasteiger partial charge on any atom is 0.256 e. The number of para-hydroxylation sites is 1. The lowest BCUT2D eigenvalue weighted by Gasteiger charge is -2.27. The SMILES string of the molecule is O=C(Nc1cccc(C(=O)N2CCOCC2)c1)c1cc(-c2ccc3c(c2)OCCO3)nc2ccccc12. The number of amides is 2. The minimum atomic E-state index is -0.284. The van der Waals surface area contributed by atoms with Crippen LogP contribution in [0.3, 0.4) is 0 Å². The molecule has 2 amide bonds. The van der Waals surface area contributed by atoms with Crippen molar-refractivity contribution < 1.29 is 23.8 Å². The second-order valence-electron chi connectivity index (χ2n) is 8.87. The van der Waals surface area contributed by atoms with E-state index >= 15 is 0 Å². The molecule has 6 rings (SSSR count). The summed E-state index contributed by atoms with van der Waals surface area (Å²) in [6.45, 7) is 3.18. The molecule has 3 heterocycles. The van der Waals surface area contributed by atoms with Crippen LogP contribution in [0, 0.1) is 0 Å². The molecule has 1 fully saturated rings. The number of carbonyl (C=O) groups is 2. The Morgan fingerprint density at radius 2 is 1.62 bits per heavy atom. The van der Waals surface area contributed by atoms with E-state index in [0.29, 0.717) is 79.0 Å². The van der Waals surface area contributed by atoms with E-state index in [1.807, 2.05) is 42.5 Å². The van der Waals surface area contributed by atoms with Crippen LogP contribution in [0.15, 0.2) is 72.8 Å². The molecule has 0 unspecified atom stereocenters. The van der Waals surface area contributed by atoms with E-state index in [9.17, 15) is 9.59 Å². The first-order valence-electron chi connectivity index (χ1n) is 12.2. The summed E-state index contributed by atoms with van der Waals surface area (Å²) in [4.78, 5) is 33.0. The molecule has 0 spiro atoms. The number of morpholine rings is 1. The molecule has 8 heteroatoms. The summed E-state index contributed by atoms with van der Waals surface area (Å²) >= 11 is 0. The summed E-state index contributed by atoms with van der Waals surface area (Å²) in [6, 6.07) is 22.0. The summed E-state index contributed by atoms with van der Waals surface area (Å²) in [7, 11) is 0. The van der Waals surface area contributed by atoms with Crippen molar-refractivity contribution in [3.05, 3.63) is 83.9 Å². The van der Waals surface area contributed by atoms with Crippen LogP contribution in [-0.4, -0.2) is 61.2 Å². The normalized spacial score (nSPS) is 14.9. The van der Waals surface area contributed by atoms with Gasteiger partial charge in [0.2, 0.25) is 0 Å². The van der Waals surface area contributed by atoms with Gasteiger partial charge in [-0.15, -0.1) is 0 Å². The summed E-state index contributed by atoms with van der Waals surface area (Å²) in [6.07, 6.45) is 0. The average molecular weight is 496 g/mol. The number of hydrogen-bond donors (Lipinski definition) is 1. The molecule has 0 saturated carbocycles. The van der Waals surface area contributed by atoms with Crippen LogP contribution < -0.4 is 14.8 Å². The molecule has 0 bridgehead atoms. The van der Waals surface area contributed by atoms with Crippen molar-refractivity contribution in [2.24, 2.45) is 0 Å². The fraction of sp³-hybridized carbons (Fsp3) is 0.207. The number of rotatable bonds is 4. The summed E-state index contributed by atoms with van der Waals surface area (Å²) in [5.41, 5.74) is 3.73. The second-order valence-corrected chi connectivity index (χ2v) is 8.87. The number of nitrogens with zero attached hydrogens (tertiary/aromatic N) is 2. The number of nitrogens with one attached hydrogen (secondary N) is 1. The van der Waals surface area contributed by atoms with E-state index in [2.05, 4.69) is 5.32 Å². The highest BCUT2D eigenvalue weighted by molar-refractivity contribution is 6.13. The standard InChI is InChI=1S/C29H25N3O5/c33-28(30-21-5-3-4-20(16-21)29(34)32-10-12-35-13-11-32)23-18-25(31-24-7-2-1-6-22(23)24)19-8-9-26-27(17-19)37-15-14-36-26/h1-9,16-18H,10-15H2,(H,30,33). The van der Waals surface area contributed by atoms with E-state index in [0.717, 1.165) is 10.9 Å². The topological polar surface area (TPSA) is 90.0 Å². The van der Waals surface area contributed by atoms with Crippen molar-refractivity contribution in [3.8, 4) is 22.8 Å². The highest BCUT2D eigenvalue weighted by Crippen LogP contribution is 2.35. The highest BCUT2D eigenvalue weighted by Gasteiger charge is 2.20. The first-order chi connectivity index (χ1) is 18.2. The highest BCUT2D eigenvalue weighted by atomic mass is 16.6. The van der Waals surface area contributed by atoms with E-state index < -0.39 is 0 Å². The number of hydrogen-bond acceptors (Lipinski definition) is 6. The quantitative estimate of drug-likeness (QED) is 0.452. The predicted molar refractivity (Wildman–Crippen MR) is 139 cm³/mol. The fourth-order valence-corrected chi connectivity index (χ4v) is 4.59. The van der Waals surface area contributed by atoms with E-state index in [4.69, 9.17) is 19.2 Å². The van der Waals surface area contributed by atoms with Gasteiger partial charge in [0.15, 0.2) is 11.5 Å². The van der Waals surface area contributed by atoms with Gasteiger partial charge in [0.1, 0.15) is 13.2 Å². The molecule has 3 aromatic carbocycles.